The monoisotopic (exact) mass is 556 g/mol. The molecule has 4 N–H and O–H groups in total. The molecule has 1 atom stereocenters. The highest BCUT2D eigenvalue weighted by Crippen LogP contribution is 2.42. The van der Waals surface area contributed by atoms with Crippen molar-refractivity contribution in [1.29, 1.82) is 0 Å². The van der Waals surface area contributed by atoms with E-state index in [0.717, 1.165) is 39.0 Å². The van der Waals surface area contributed by atoms with Crippen molar-refractivity contribution < 1.29 is 28.5 Å². The quantitative estimate of drug-likeness (QED) is 0.250. The van der Waals surface area contributed by atoms with Gasteiger partial charge in [0.15, 0.2) is 0 Å². The fraction of sp³-hybridized carbons (Fsp3) is 0.152. The van der Waals surface area contributed by atoms with Crippen molar-refractivity contribution in [3.63, 3.8) is 0 Å². The number of benzene rings is 4. The molecule has 0 saturated carbocycles. The van der Waals surface area contributed by atoms with Crippen LogP contribution in [-0.2, 0) is 9.89 Å². The van der Waals surface area contributed by atoms with Crippen molar-refractivity contribution in [1.82, 2.24) is 0 Å². The smallest absolute Gasteiger partial charge is 0.294 e. The summed E-state index contributed by atoms with van der Waals surface area (Å²) in [5.74, 6) is 0. The minimum absolute atomic E-state index is 0.331. The molecule has 0 spiro atoms. The van der Waals surface area contributed by atoms with Crippen molar-refractivity contribution in [3.05, 3.63) is 148 Å². The molecule has 0 fully saturated rings. The lowest BCUT2D eigenvalue weighted by Gasteiger charge is -2.30. The summed E-state index contributed by atoms with van der Waals surface area (Å²) in [4.78, 5) is 0. The van der Waals surface area contributed by atoms with Gasteiger partial charge in [-0.1, -0.05) is 97.1 Å². The molecule has 0 aliphatic carbocycles. The Morgan fingerprint density at radius 3 is 1.88 bits per heavy atom. The first-order valence-electron chi connectivity index (χ1n) is 12.8. The molecule has 4 aromatic carbocycles. The van der Waals surface area contributed by atoms with Crippen molar-refractivity contribution in [2.24, 2.45) is 0 Å². The standard InChI is InChI=1S/C33H33ClN2O4/c1-22-17-19-29(31(35)24(22)3)28(26-12-7-5-8-13-26)16-11-21-33(40-34(37,38)39,27-14-9-6-10-15-27)30-20-18-23(2)25(4)32(30)36/h5-21H,35-36H2,1-4H3. The molecule has 7 heteroatoms. The lowest BCUT2D eigenvalue weighted by molar-refractivity contribution is -1.92. The normalized spacial score (nSPS) is 13.9. The average molecular weight is 557 g/mol. The molecule has 0 saturated heterocycles. The Bertz CT molecular complexity index is 1560. The summed E-state index contributed by atoms with van der Waals surface area (Å²) in [5.41, 5.74) is 19.3. The van der Waals surface area contributed by atoms with Crippen molar-refractivity contribution in [2.45, 2.75) is 33.3 Å². The van der Waals surface area contributed by atoms with E-state index in [2.05, 4.69) is 0 Å². The zero-order valence-electron chi connectivity index (χ0n) is 23.0. The summed E-state index contributed by atoms with van der Waals surface area (Å²) in [7, 11) is -4.86. The molecule has 206 valence electrons. The van der Waals surface area contributed by atoms with Gasteiger partial charge in [-0.25, -0.2) is 0 Å². The Morgan fingerprint density at radius 1 is 0.725 bits per heavy atom. The number of nitrogens with two attached hydrogens (primary N) is 2. The number of hydrogen-bond donors (Lipinski definition) is 2. The van der Waals surface area contributed by atoms with E-state index in [-0.39, 0.29) is 0 Å². The minimum atomic E-state index is -4.86. The minimum Gasteiger partial charge on any atom is -0.398 e. The van der Waals surface area contributed by atoms with Crippen LogP contribution in [0, 0.1) is 37.9 Å². The maximum absolute atomic E-state index is 12.2. The van der Waals surface area contributed by atoms with E-state index >= 15 is 0 Å². The second-order valence-electron chi connectivity index (χ2n) is 9.80. The third-order valence-corrected chi connectivity index (χ3v) is 7.79. The lowest BCUT2D eigenvalue weighted by Crippen LogP contribution is -2.64. The number of hydrogen-bond acceptors (Lipinski definition) is 6. The third kappa shape index (κ3) is 5.97. The summed E-state index contributed by atoms with van der Waals surface area (Å²) in [6.07, 6.45) is 5.06. The predicted molar refractivity (Wildman–Crippen MR) is 152 cm³/mol. The SMILES string of the molecule is Cc1ccc(C(=CC=CC(O[Cl+3]([O-])([O-])[O-])(c2ccccc2)c2ccc(C)c(C)c2N)c2ccccc2)c(N)c1C. The molecule has 0 aromatic heterocycles. The average Bonchev–Trinajstić information content (AvgIpc) is 2.93. The Morgan fingerprint density at radius 2 is 1.27 bits per heavy atom. The highest BCUT2D eigenvalue weighted by molar-refractivity contribution is 5.87. The van der Waals surface area contributed by atoms with Gasteiger partial charge >= 0.3 is 0 Å². The van der Waals surface area contributed by atoms with Crippen LogP contribution in [0.3, 0.4) is 0 Å². The fourth-order valence-corrected chi connectivity index (χ4v) is 5.28. The van der Waals surface area contributed by atoms with Gasteiger partial charge in [-0.3, -0.25) is 0 Å². The summed E-state index contributed by atoms with van der Waals surface area (Å²) < 4.78 is 42.0. The van der Waals surface area contributed by atoms with Crippen LogP contribution in [-0.4, -0.2) is 0 Å². The van der Waals surface area contributed by atoms with Gasteiger partial charge in [-0.2, -0.15) is 14.0 Å². The first kappa shape index (κ1) is 29.1. The van der Waals surface area contributed by atoms with E-state index in [4.69, 9.17) is 15.8 Å². The van der Waals surface area contributed by atoms with Crippen LogP contribution in [0.25, 0.3) is 5.57 Å². The van der Waals surface area contributed by atoms with E-state index in [9.17, 15) is 14.0 Å². The molecule has 1 unspecified atom stereocenters. The summed E-state index contributed by atoms with van der Waals surface area (Å²) in [5, 5.41) is 0. The van der Waals surface area contributed by atoms with Gasteiger partial charge in [0.2, 0.25) is 0 Å². The highest BCUT2D eigenvalue weighted by Gasteiger charge is 2.49. The second kappa shape index (κ2) is 11.7. The van der Waals surface area contributed by atoms with Gasteiger partial charge in [-0.05, 0) is 67.2 Å². The number of aryl methyl sites for hydroxylation is 2. The lowest BCUT2D eigenvalue weighted by atomic mass is 9.83. The van der Waals surface area contributed by atoms with Crippen LogP contribution in [0.1, 0.15) is 44.5 Å². The topological polar surface area (TPSA) is 130 Å². The first-order valence-corrected chi connectivity index (χ1v) is 14.0. The van der Waals surface area contributed by atoms with Crippen LogP contribution in [0.15, 0.2) is 103 Å². The molecule has 0 amide bonds. The first-order chi connectivity index (χ1) is 18.9. The Balaban J connectivity index is 2.00. The molecule has 4 rings (SSSR count). The van der Waals surface area contributed by atoms with E-state index in [1.807, 2.05) is 82.3 Å². The number of rotatable bonds is 8. The fourth-order valence-electron chi connectivity index (χ4n) is 4.76. The molecule has 0 bridgehead atoms. The maximum Gasteiger partial charge on any atom is 0.294 e. The van der Waals surface area contributed by atoms with Gasteiger partial charge in [0, 0.05) is 28.1 Å². The van der Waals surface area contributed by atoms with Crippen molar-refractivity contribution >= 4 is 16.9 Å². The molecule has 40 heavy (non-hydrogen) atoms. The second-order valence-corrected chi connectivity index (χ2v) is 10.7. The number of allylic oxidation sites excluding steroid dienone is 2. The van der Waals surface area contributed by atoms with E-state index < -0.39 is 15.8 Å². The van der Waals surface area contributed by atoms with Crippen LogP contribution >= 0.6 is 0 Å². The summed E-state index contributed by atoms with van der Waals surface area (Å²) in [6.45, 7) is 7.72. The van der Waals surface area contributed by atoms with E-state index in [1.165, 1.54) is 0 Å². The Labute approximate surface area is 237 Å². The van der Waals surface area contributed by atoms with Gasteiger partial charge in [0.25, 0.3) is 5.60 Å². The maximum atomic E-state index is 12.2. The Hall–Kier alpha value is -3.91. The largest absolute Gasteiger partial charge is 0.398 e. The van der Waals surface area contributed by atoms with Crippen LogP contribution in [0.2, 0.25) is 0 Å². The summed E-state index contributed by atoms with van der Waals surface area (Å²) in [6, 6.07) is 25.9. The van der Waals surface area contributed by atoms with Gasteiger partial charge in [-0.15, -0.1) is 0 Å². The van der Waals surface area contributed by atoms with Crippen molar-refractivity contribution in [3.8, 4) is 0 Å². The third-order valence-electron chi connectivity index (χ3n) is 7.36. The molecule has 0 heterocycles. The Kier molecular flexibility index (Phi) is 8.49. The van der Waals surface area contributed by atoms with Gasteiger partial charge in [0.05, 0.1) is 14.5 Å². The van der Waals surface area contributed by atoms with Crippen LogP contribution < -0.4 is 25.4 Å². The molecule has 4 aromatic rings. The highest BCUT2D eigenvalue weighted by atomic mass is 35.7. The number of halogens is 1. The van der Waals surface area contributed by atoms with Gasteiger partial charge in [0.1, 0.15) is 0 Å². The zero-order chi connectivity index (χ0) is 29.1. The molecule has 0 aliphatic heterocycles. The number of nitrogen functional groups attached to an aromatic ring is 2. The summed E-state index contributed by atoms with van der Waals surface area (Å²) >= 11 is 0. The predicted octanol–water partition coefficient (Wildman–Crippen LogP) is 3.93. The van der Waals surface area contributed by atoms with Gasteiger partial charge < -0.3 is 11.5 Å². The molecular formula is C33H33ClN2O4. The van der Waals surface area contributed by atoms with Crippen molar-refractivity contribution in [2.75, 3.05) is 11.5 Å². The molecule has 6 nitrogen and oxygen atoms in total. The zero-order valence-corrected chi connectivity index (χ0v) is 23.7. The number of anilines is 2. The molecular weight excluding hydrogens is 524 g/mol. The molecule has 0 radical (unpaired) electrons. The van der Waals surface area contributed by atoms with Crippen LogP contribution in [0.5, 0.6) is 0 Å². The van der Waals surface area contributed by atoms with Crippen LogP contribution in [0.4, 0.5) is 11.4 Å². The van der Waals surface area contributed by atoms with E-state index in [1.54, 1.807) is 48.6 Å². The van der Waals surface area contributed by atoms with E-state index in [0.29, 0.717) is 22.5 Å². The molecule has 0 aliphatic rings.